The Labute approximate surface area is 195 Å². The predicted molar refractivity (Wildman–Crippen MR) is 132 cm³/mol. The van der Waals surface area contributed by atoms with Crippen molar-refractivity contribution >= 4 is 58.7 Å². The van der Waals surface area contributed by atoms with Gasteiger partial charge in [0.2, 0.25) is 0 Å². The standard InChI is InChI=1S/C21H16ClN4O2PS2/c22-18-13-7-8-14-19(18)24-25-20(15-23)21(30)26-29(31,27-16-9-3-1-4-10-16)28-17-11-5-2-6-12-17/h1-14,24H,(H,26,30,31). The van der Waals surface area contributed by atoms with Crippen LogP contribution in [0.2, 0.25) is 5.02 Å². The van der Waals surface area contributed by atoms with Crippen LogP contribution in [-0.4, -0.2) is 10.7 Å². The summed E-state index contributed by atoms with van der Waals surface area (Å²) in [4.78, 5) is -0.0164. The van der Waals surface area contributed by atoms with Crippen LogP contribution >= 0.6 is 30.5 Å². The van der Waals surface area contributed by atoms with E-state index in [1.165, 1.54) is 0 Å². The molecule has 0 heterocycles. The van der Waals surface area contributed by atoms with Crippen LogP contribution in [0.5, 0.6) is 11.5 Å². The highest BCUT2D eigenvalue weighted by atomic mass is 35.5. The molecular formula is C21H16ClN4O2PS2. The molecule has 31 heavy (non-hydrogen) atoms. The lowest BCUT2D eigenvalue weighted by Crippen LogP contribution is -2.30. The monoisotopic (exact) mass is 486 g/mol. The van der Waals surface area contributed by atoms with Crippen molar-refractivity contribution in [1.29, 1.82) is 5.26 Å². The maximum Gasteiger partial charge on any atom is 0.393 e. The van der Waals surface area contributed by atoms with Gasteiger partial charge in [-0.05, 0) is 36.4 Å². The number of rotatable bonds is 8. The van der Waals surface area contributed by atoms with E-state index in [1.54, 1.807) is 48.5 Å². The molecule has 0 saturated carbocycles. The molecule has 0 saturated heterocycles. The van der Waals surface area contributed by atoms with E-state index in [-0.39, 0.29) is 10.7 Å². The van der Waals surface area contributed by atoms with Crippen LogP contribution in [-0.2, 0) is 11.8 Å². The maximum atomic E-state index is 9.54. The summed E-state index contributed by atoms with van der Waals surface area (Å²) >= 11 is 17.1. The van der Waals surface area contributed by atoms with E-state index in [1.807, 2.05) is 42.5 Å². The number of halogens is 1. The van der Waals surface area contributed by atoms with E-state index >= 15 is 0 Å². The molecule has 0 radical (unpaired) electrons. The van der Waals surface area contributed by atoms with Crippen molar-refractivity contribution in [3.05, 3.63) is 90.0 Å². The lowest BCUT2D eigenvalue weighted by Gasteiger charge is -2.24. The van der Waals surface area contributed by atoms with Gasteiger partial charge in [0.05, 0.1) is 10.7 Å². The second-order valence-electron chi connectivity index (χ2n) is 5.91. The maximum absolute atomic E-state index is 9.54. The first-order chi connectivity index (χ1) is 15.0. The van der Waals surface area contributed by atoms with Crippen molar-refractivity contribution in [3.63, 3.8) is 0 Å². The van der Waals surface area contributed by atoms with Gasteiger partial charge in [-0.15, -0.1) is 0 Å². The third-order valence-electron chi connectivity index (χ3n) is 3.66. The summed E-state index contributed by atoms with van der Waals surface area (Å²) in [6.07, 6.45) is 0. The topological polar surface area (TPSA) is 78.7 Å². The Hall–Kier alpha value is -2.95. The average Bonchev–Trinajstić information content (AvgIpc) is 2.76. The molecule has 6 nitrogen and oxygen atoms in total. The van der Waals surface area contributed by atoms with Gasteiger partial charge in [-0.25, -0.2) is 0 Å². The third-order valence-corrected chi connectivity index (χ3v) is 6.56. The van der Waals surface area contributed by atoms with Gasteiger partial charge < -0.3 is 9.05 Å². The first kappa shape index (κ1) is 22.7. The summed E-state index contributed by atoms with van der Waals surface area (Å²) in [7, 11) is 0. The molecule has 0 fully saturated rings. The minimum atomic E-state index is -3.24. The van der Waals surface area contributed by atoms with Crippen molar-refractivity contribution in [3.8, 4) is 17.6 Å². The Morgan fingerprint density at radius 1 is 0.903 bits per heavy atom. The minimum Gasteiger partial charge on any atom is -0.421 e. The average molecular weight is 487 g/mol. The molecule has 3 rings (SSSR count). The zero-order valence-corrected chi connectivity index (χ0v) is 19.2. The fraction of sp³-hybridized carbons (Fsp3) is 0. The van der Waals surface area contributed by atoms with Crippen LogP contribution in [0.1, 0.15) is 0 Å². The normalized spacial score (nSPS) is 11.2. The molecule has 3 aromatic rings. The van der Waals surface area contributed by atoms with Gasteiger partial charge >= 0.3 is 6.64 Å². The number of thiocarbonyl (C=S) groups is 1. The molecule has 10 heteroatoms. The van der Waals surface area contributed by atoms with E-state index in [0.29, 0.717) is 22.2 Å². The van der Waals surface area contributed by atoms with Gasteiger partial charge in [0.1, 0.15) is 22.6 Å². The molecule has 0 amide bonds. The zero-order chi connectivity index (χ0) is 22.1. The summed E-state index contributed by atoms with van der Waals surface area (Å²) < 4.78 is 11.9. The van der Waals surface area contributed by atoms with E-state index in [9.17, 15) is 5.26 Å². The van der Waals surface area contributed by atoms with Crippen LogP contribution in [0, 0.1) is 11.3 Å². The number of benzene rings is 3. The van der Waals surface area contributed by atoms with E-state index < -0.39 is 6.64 Å². The number of nitrogens with one attached hydrogen (secondary N) is 2. The number of hydrazone groups is 1. The van der Waals surface area contributed by atoms with Crippen molar-refractivity contribution in [2.45, 2.75) is 0 Å². The van der Waals surface area contributed by atoms with Crippen LogP contribution in [0.4, 0.5) is 5.69 Å². The van der Waals surface area contributed by atoms with Crippen LogP contribution in [0.15, 0.2) is 90.0 Å². The molecule has 0 aliphatic carbocycles. The number of hydrogen-bond acceptors (Lipinski definition) is 7. The first-order valence-corrected chi connectivity index (χ1v) is 12.3. The van der Waals surface area contributed by atoms with Crippen molar-refractivity contribution in [1.82, 2.24) is 5.09 Å². The molecule has 0 aromatic heterocycles. The van der Waals surface area contributed by atoms with Gasteiger partial charge in [0.25, 0.3) is 0 Å². The Morgan fingerprint density at radius 2 is 1.42 bits per heavy atom. The summed E-state index contributed by atoms with van der Waals surface area (Å²) in [6, 6.07) is 26.9. The predicted octanol–water partition coefficient (Wildman–Crippen LogP) is 5.93. The Morgan fingerprint density at radius 3 is 1.94 bits per heavy atom. The lowest BCUT2D eigenvalue weighted by atomic mass is 10.3. The molecule has 0 aliphatic rings. The number of anilines is 1. The summed E-state index contributed by atoms with van der Waals surface area (Å²) in [5.74, 6) is 1.00. The van der Waals surface area contributed by atoms with Crippen LogP contribution in [0.25, 0.3) is 0 Å². The van der Waals surface area contributed by atoms with E-state index in [2.05, 4.69) is 15.6 Å². The second-order valence-corrected chi connectivity index (χ2v) is 9.75. The summed E-state index contributed by atoms with van der Waals surface area (Å²) in [5.41, 5.74) is 3.16. The fourth-order valence-electron chi connectivity index (χ4n) is 2.28. The number of nitriles is 1. The fourth-order valence-corrected chi connectivity index (χ4v) is 5.15. The highest BCUT2D eigenvalue weighted by Crippen LogP contribution is 2.45. The number of para-hydroxylation sites is 3. The number of hydrogen-bond donors (Lipinski definition) is 2. The van der Waals surface area contributed by atoms with Crippen molar-refractivity contribution in [2.24, 2.45) is 5.10 Å². The summed E-state index contributed by atoms with van der Waals surface area (Å²) in [5, 5.41) is 16.9. The van der Waals surface area contributed by atoms with Crippen LogP contribution < -0.4 is 19.6 Å². The Balaban J connectivity index is 1.82. The van der Waals surface area contributed by atoms with Gasteiger partial charge in [0.15, 0.2) is 5.71 Å². The summed E-state index contributed by atoms with van der Waals surface area (Å²) in [6.45, 7) is -3.24. The molecular weight excluding hydrogens is 471 g/mol. The van der Waals surface area contributed by atoms with Crippen LogP contribution in [0.3, 0.4) is 0 Å². The molecule has 0 aliphatic heterocycles. The SMILES string of the molecule is N#CC(=NNc1ccccc1Cl)C(=S)NP(=S)(Oc1ccccc1)Oc1ccccc1. The third kappa shape index (κ3) is 6.78. The zero-order valence-electron chi connectivity index (χ0n) is 15.9. The molecule has 156 valence electrons. The van der Waals surface area contributed by atoms with Gasteiger partial charge in [0, 0.05) is 11.8 Å². The molecule has 3 aromatic carbocycles. The lowest BCUT2D eigenvalue weighted by molar-refractivity contribution is 0.481. The first-order valence-electron chi connectivity index (χ1n) is 8.89. The molecule has 0 unspecified atom stereocenters. The molecule has 2 N–H and O–H groups in total. The smallest absolute Gasteiger partial charge is 0.393 e. The van der Waals surface area contributed by atoms with E-state index in [0.717, 1.165) is 0 Å². The Kier molecular flexibility index (Phi) is 7.99. The van der Waals surface area contributed by atoms with Gasteiger partial charge in [-0.3, -0.25) is 10.5 Å². The molecule has 0 atom stereocenters. The highest BCUT2D eigenvalue weighted by Gasteiger charge is 2.26. The van der Waals surface area contributed by atoms with Gasteiger partial charge in [-0.1, -0.05) is 72.3 Å². The number of nitrogens with zero attached hydrogens (tertiary/aromatic N) is 2. The minimum absolute atomic E-state index is 0.0164. The van der Waals surface area contributed by atoms with Crippen molar-refractivity contribution < 1.29 is 9.05 Å². The molecule has 0 spiro atoms. The molecule has 0 bridgehead atoms. The highest BCUT2D eigenvalue weighted by molar-refractivity contribution is 8.10. The Bertz CT molecular complexity index is 1130. The van der Waals surface area contributed by atoms with E-state index in [4.69, 9.17) is 44.7 Å². The largest absolute Gasteiger partial charge is 0.421 e. The van der Waals surface area contributed by atoms with Crippen molar-refractivity contribution in [2.75, 3.05) is 5.43 Å². The second kappa shape index (κ2) is 10.9. The van der Waals surface area contributed by atoms with Gasteiger partial charge in [-0.2, -0.15) is 10.4 Å². The quantitative estimate of drug-likeness (QED) is 0.177.